The Morgan fingerprint density at radius 3 is 2.88 bits per heavy atom. The topological polar surface area (TPSA) is 41.6 Å². The second kappa shape index (κ2) is 7.92. The highest BCUT2D eigenvalue weighted by atomic mass is 19.3. The zero-order valence-electron chi connectivity index (χ0n) is 13.8. The van der Waals surface area contributed by atoms with Crippen LogP contribution in [0.25, 0.3) is 0 Å². The van der Waals surface area contributed by atoms with Crippen LogP contribution in [0.2, 0.25) is 0 Å². The van der Waals surface area contributed by atoms with Gasteiger partial charge < -0.3 is 15.0 Å². The Morgan fingerprint density at radius 2 is 2.12 bits per heavy atom. The Labute approximate surface area is 141 Å². The molecule has 0 radical (unpaired) electrons. The van der Waals surface area contributed by atoms with E-state index in [2.05, 4.69) is 10.1 Å². The van der Waals surface area contributed by atoms with Gasteiger partial charge in [0.25, 0.3) is 0 Å². The summed E-state index contributed by atoms with van der Waals surface area (Å²) in [7, 11) is 0. The minimum Gasteiger partial charge on any atom is -0.435 e. The third-order valence-corrected chi connectivity index (χ3v) is 4.92. The predicted molar refractivity (Wildman–Crippen MR) is 88.6 cm³/mol. The molecule has 2 aliphatic heterocycles. The number of anilines is 1. The second-order valence-electron chi connectivity index (χ2n) is 6.55. The molecule has 0 unspecified atom stereocenters. The molecule has 2 aliphatic rings. The smallest absolute Gasteiger partial charge is 0.387 e. The van der Waals surface area contributed by atoms with Crippen molar-refractivity contribution >= 4 is 11.6 Å². The molecule has 4 nitrogen and oxygen atoms in total. The van der Waals surface area contributed by atoms with Crippen LogP contribution in [0.4, 0.5) is 14.5 Å². The van der Waals surface area contributed by atoms with Crippen molar-refractivity contribution < 1.29 is 18.3 Å². The van der Waals surface area contributed by atoms with Crippen molar-refractivity contribution in [3.8, 4) is 5.75 Å². The van der Waals surface area contributed by atoms with E-state index in [1.54, 1.807) is 12.1 Å². The molecule has 0 aliphatic carbocycles. The number of ether oxygens (including phenoxy) is 1. The highest BCUT2D eigenvalue weighted by Gasteiger charge is 2.24. The molecular formula is C18H24F2N2O2. The SMILES string of the molecule is O=C(CCC1CCNCC1)N1CCCc2cc(OC(F)F)ccc21. The third kappa shape index (κ3) is 4.23. The first-order valence-corrected chi connectivity index (χ1v) is 8.72. The third-order valence-electron chi connectivity index (χ3n) is 4.92. The molecule has 0 spiro atoms. The summed E-state index contributed by atoms with van der Waals surface area (Å²) < 4.78 is 29.1. The Hall–Kier alpha value is -1.69. The van der Waals surface area contributed by atoms with Gasteiger partial charge in [0.15, 0.2) is 0 Å². The van der Waals surface area contributed by atoms with Gasteiger partial charge in [-0.3, -0.25) is 4.79 Å². The predicted octanol–water partition coefficient (Wildman–Crippen LogP) is 3.35. The lowest BCUT2D eigenvalue weighted by Gasteiger charge is -2.31. The molecule has 1 amide bonds. The number of carbonyl (C=O) groups excluding carboxylic acids is 1. The van der Waals surface area contributed by atoms with Gasteiger partial charge >= 0.3 is 6.61 Å². The maximum Gasteiger partial charge on any atom is 0.387 e. The van der Waals surface area contributed by atoms with Gasteiger partial charge in [-0.05, 0) is 74.9 Å². The van der Waals surface area contributed by atoms with Gasteiger partial charge in [-0.15, -0.1) is 0 Å². The molecule has 1 saturated heterocycles. The maximum absolute atomic E-state index is 12.6. The molecule has 132 valence electrons. The lowest BCUT2D eigenvalue weighted by molar-refractivity contribution is -0.119. The monoisotopic (exact) mass is 338 g/mol. The van der Waals surface area contributed by atoms with Crippen LogP contribution in [0, 0.1) is 5.92 Å². The first-order chi connectivity index (χ1) is 11.6. The maximum atomic E-state index is 12.6. The number of amides is 1. The number of rotatable bonds is 5. The Balaban J connectivity index is 1.63. The molecule has 6 heteroatoms. The van der Waals surface area contributed by atoms with E-state index in [-0.39, 0.29) is 11.7 Å². The summed E-state index contributed by atoms with van der Waals surface area (Å²) in [5.41, 5.74) is 1.76. The molecule has 0 bridgehead atoms. The fourth-order valence-electron chi connectivity index (χ4n) is 3.64. The van der Waals surface area contributed by atoms with E-state index < -0.39 is 6.61 Å². The molecule has 3 rings (SSSR count). The Morgan fingerprint density at radius 1 is 1.33 bits per heavy atom. The van der Waals surface area contributed by atoms with E-state index in [0.717, 1.165) is 56.4 Å². The van der Waals surface area contributed by atoms with Crippen molar-refractivity contribution in [3.63, 3.8) is 0 Å². The van der Waals surface area contributed by atoms with Crippen molar-refractivity contribution in [2.75, 3.05) is 24.5 Å². The number of aryl methyl sites for hydroxylation is 1. The largest absolute Gasteiger partial charge is 0.435 e. The van der Waals surface area contributed by atoms with E-state index in [0.29, 0.717) is 18.9 Å². The van der Waals surface area contributed by atoms with Crippen LogP contribution >= 0.6 is 0 Å². The lowest BCUT2D eigenvalue weighted by atomic mass is 9.92. The number of nitrogens with zero attached hydrogens (tertiary/aromatic N) is 1. The summed E-state index contributed by atoms with van der Waals surface area (Å²) in [6.45, 7) is -0.0432. The Kier molecular flexibility index (Phi) is 5.66. The van der Waals surface area contributed by atoms with Crippen LogP contribution in [0.1, 0.15) is 37.7 Å². The van der Waals surface area contributed by atoms with Gasteiger partial charge in [0.1, 0.15) is 5.75 Å². The van der Waals surface area contributed by atoms with Gasteiger partial charge in [0, 0.05) is 18.7 Å². The highest BCUT2D eigenvalue weighted by molar-refractivity contribution is 5.94. The van der Waals surface area contributed by atoms with Crippen LogP contribution in [-0.4, -0.2) is 32.2 Å². The molecule has 0 saturated carbocycles. The van der Waals surface area contributed by atoms with E-state index in [9.17, 15) is 13.6 Å². The quantitative estimate of drug-likeness (QED) is 0.895. The first-order valence-electron chi connectivity index (χ1n) is 8.72. The molecule has 1 N–H and O–H groups in total. The van der Waals surface area contributed by atoms with Crippen LogP contribution in [-0.2, 0) is 11.2 Å². The number of nitrogens with one attached hydrogen (secondary N) is 1. The summed E-state index contributed by atoms with van der Waals surface area (Å²) in [5, 5.41) is 3.34. The van der Waals surface area contributed by atoms with Crippen molar-refractivity contribution in [2.45, 2.75) is 45.1 Å². The number of benzene rings is 1. The average molecular weight is 338 g/mol. The van der Waals surface area contributed by atoms with Gasteiger partial charge in [0.2, 0.25) is 5.91 Å². The fourth-order valence-corrected chi connectivity index (χ4v) is 3.64. The molecule has 24 heavy (non-hydrogen) atoms. The molecule has 1 aromatic rings. The van der Waals surface area contributed by atoms with Crippen LogP contribution in [0.3, 0.4) is 0 Å². The number of hydrogen-bond acceptors (Lipinski definition) is 3. The number of fused-ring (bicyclic) bond motifs is 1. The van der Waals surface area contributed by atoms with E-state index >= 15 is 0 Å². The minimum absolute atomic E-state index is 0.136. The number of halogens is 2. The van der Waals surface area contributed by atoms with Gasteiger partial charge in [-0.2, -0.15) is 8.78 Å². The number of alkyl halides is 2. The molecule has 0 aromatic heterocycles. The lowest BCUT2D eigenvalue weighted by Crippen LogP contribution is -2.36. The summed E-state index contributed by atoms with van der Waals surface area (Å²) >= 11 is 0. The van der Waals surface area contributed by atoms with Crippen molar-refractivity contribution in [1.29, 1.82) is 0 Å². The van der Waals surface area contributed by atoms with Gasteiger partial charge in [-0.25, -0.2) is 0 Å². The van der Waals surface area contributed by atoms with E-state index in [1.165, 1.54) is 6.07 Å². The van der Waals surface area contributed by atoms with Gasteiger partial charge in [-0.1, -0.05) is 0 Å². The van der Waals surface area contributed by atoms with E-state index in [1.807, 2.05) is 4.90 Å². The normalized spacial score (nSPS) is 18.5. The van der Waals surface area contributed by atoms with Crippen LogP contribution < -0.4 is 15.0 Å². The Bertz CT molecular complexity index is 574. The summed E-state index contributed by atoms with van der Waals surface area (Å²) in [6, 6.07) is 4.88. The molecule has 2 heterocycles. The van der Waals surface area contributed by atoms with E-state index in [4.69, 9.17) is 0 Å². The standard InChI is InChI=1S/C18H24F2N2O2/c19-18(20)24-15-4-5-16-14(12-15)2-1-11-22(16)17(23)6-3-13-7-9-21-10-8-13/h4-5,12-13,18,21H,1-3,6-11H2. The first kappa shape index (κ1) is 17.1. The zero-order valence-corrected chi connectivity index (χ0v) is 13.8. The molecule has 1 aromatic carbocycles. The fraction of sp³-hybridized carbons (Fsp3) is 0.611. The molecule has 0 atom stereocenters. The summed E-state index contributed by atoms with van der Waals surface area (Å²) in [6.07, 6.45) is 5.40. The molecular weight excluding hydrogens is 314 g/mol. The van der Waals surface area contributed by atoms with Crippen molar-refractivity contribution in [3.05, 3.63) is 23.8 Å². The average Bonchev–Trinajstić information content (AvgIpc) is 2.59. The number of hydrogen-bond donors (Lipinski definition) is 1. The highest BCUT2D eigenvalue weighted by Crippen LogP contribution is 2.32. The van der Waals surface area contributed by atoms with Crippen molar-refractivity contribution in [1.82, 2.24) is 5.32 Å². The van der Waals surface area contributed by atoms with Gasteiger partial charge in [0.05, 0.1) is 0 Å². The van der Waals surface area contributed by atoms with Crippen LogP contribution in [0.5, 0.6) is 5.75 Å². The summed E-state index contributed by atoms with van der Waals surface area (Å²) in [5.74, 6) is 0.922. The number of carbonyl (C=O) groups is 1. The minimum atomic E-state index is -2.82. The van der Waals surface area contributed by atoms with Crippen LogP contribution in [0.15, 0.2) is 18.2 Å². The second-order valence-corrected chi connectivity index (χ2v) is 6.55. The van der Waals surface area contributed by atoms with Crippen molar-refractivity contribution in [2.24, 2.45) is 5.92 Å². The number of piperidine rings is 1. The summed E-state index contributed by atoms with van der Waals surface area (Å²) in [4.78, 5) is 14.4. The zero-order chi connectivity index (χ0) is 16.9. The molecule has 1 fully saturated rings.